The molecular weight excluding hydrogens is 319 g/mol. The van der Waals surface area contributed by atoms with Crippen LogP contribution in [0.25, 0.3) is 0 Å². The number of amides is 2. The quantitative estimate of drug-likeness (QED) is 0.894. The van der Waals surface area contributed by atoms with Crippen molar-refractivity contribution in [3.8, 4) is 0 Å². The summed E-state index contributed by atoms with van der Waals surface area (Å²) in [7, 11) is 1.36. The molecule has 0 saturated heterocycles. The first kappa shape index (κ1) is 15.4. The van der Waals surface area contributed by atoms with Crippen molar-refractivity contribution in [3.63, 3.8) is 0 Å². The average molecular weight is 333 g/mol. The number of carbonyl (C=O) groups is 2. The Balaban J connectivity index is 2.85. The van der Waals surface area contributed by atoms with Crippen LogP contribution in [0.2, 0.25) is 0 Å². The summed E-state index contributed by atoms with van der Waals surface area (Å²) in [5.41, 5.74) is -1.11. The van der Waals surface area contributed by atoms with E-state index < -0.39 is 23.4 Å². The Morgan fingerprint density at radius 2 is 2.00 bits per heavy atom. The number of hydrogen-bond donors (Lipinski definition) is 2. The summed E-state index contributed by atoms with van der Waals surface area (Å²) in [5, 5.41) is 11.5. The van der Waals surface area contributed by atoms with Crippen LogP contribution in [0.3, 0.4) is 0 Å². The van der Waals surface area contributed by atoms with Crippen LogP contribution in [0.1, 0.15) is 13.8 Å². The third-order valence-electron chi connectivity index (χ3n) is 2.84. The van der Waals surface area contributed by atoms with Crippen molar-refractivity contribution in [1.29, 1.82) is 0 Å². The summed E-state index contributed by atoms with van der Waals surface area (Å²) in [6, 6.07) is 3.47. The topological polar surface area (TPSA) is 69.6 Å². The van der Waals surface area contributed by atoms with E-state index in [9.17, 15) is 14.0 Å². The zero-order valence-electron chi connectivity index (χ0n) is 10.7. The molecule has 0 bridgehead atoms. The maximum Gasteiger partial charge on any atom is 0.329 e. The fraction of sp³-hybridized carbons (Fsp3) is 0.333. The van der Waals surface area contributed by atoms with Gasteiger partial charge in [-0.1, -0.05) is 0 Å². The number of nitrogens with zero attached hydrogens (tertiary/aromatic N) is 1. The normalized spacial score (nSPS) is 11.0. The second-order valence-corrected chi connectivity index (χ2v) is 5.34. The predicted molar refractivity (Wildman–Crippen MR) is 72.6 cm³/mol. The van der Waals surface area contributed by atoms with E-state index in [1.807, 2.05) is 0 Å². The molecule has 1 aromatic rings. The van der Waals surface area contributed by atoms with Crippen LogP contribution in [0.4, 0.5) is 14.9 Å². The summed E-state index contributed by atoms with van der Waals surface area (Å²) < 4.78 is 13.6. The van der Waals surface area contributed by atoms with E-state index in [1.54, 1.807) is 0 Å². The van der Waals surface area contributed by atoms with Crippen LogP contribution in [0, 0.1) is 5.82 Å². The van der Waals surface area contributed by atoms with E-state index in [2.05, 4.69) is 21.2 Å². The first-order chi connectivity index (χ1) is 8.66. The Labute approximate surface area is 118 Å². The van der Waals surface area contributed by atoms with Gasteiger partial charge in [0, 0.05) is 12.7 Å². The molecule has 1 rings (SSSR count). The summed E-state index contributed by atoms with van der Waals surface area (Å²) in [4.78, 5) is 23.9. The number of carboxylic acids is 1. The highest BCUT2D eigenvalue weighted by Crippen LogP contribution is 2.20. The second kappa shape index (κ2) is 5.56. The SMILES string of the molecule is CN(C(=O)Nc1ccc(Br)c(F)c1)C(C)(C)C(=O)O. The van der Waals surface area contributed by atoms with Gasteiger partial charge in [0.2, 0.25) is 0 Å². The molecule has 0 aliphatic rings. The van der Waals surface area contributed by atoms with Crippen molar-refractivity contribution in [3.05, 3.63) is 28.5 Å². The molecule has 104 valence electrons. The molecule has 0 heterocycles. The zero-order chi connectivity index (χ0) is 14.8. The summed E-state index contributed by atoms with van der Waals surface area (Å²) in [6.07, 6.45) is 0. The van der Waals surface area contributed by atoms with Gasteiger partial charge >= 0.3 is 12.0 Å². The lowest BCUT2D eigenvalue weighted by Crippen LogP contribution is -2.52. The third kappa shape index (κ3) is 3.44. The van der Waals surface area contributed by atoms with E-state index >= 15 is 0 Å². The summed E-state index contributed by atoms with van der Waals surface area (Å²) in [5.74, 6) is -1.65. The second-order valence-electron chi connectivity index (χ2n) is 4.48. The maximum absolute atomic E-state index is 13.3. The van der Waals surface area contributed by atoms with Gasteiger partial charge in [0.1, 0.15) is 11.4 Å². The van der Waals surface area contributed by atoms with Gasteiger partial charge in [0.25, 0.3) is 0 Å². The number of halogens is 2. The van der Waals surface area contributed by atoms with Gasteiger partial charge < -0.3 is 15.3 Å². The lowest BCUT2D eigenvalue weighted by molar-refractivity contribution is -0.146. The number of hydrogen-bond acceptors (Lipinski definition) is 2. The zero-order valence-corrected chi connectivity index (χ0v) is 12.3. The fourth-order valence-electron chi connectivity index (χ4n) is 1.18. The summed E-state index contributed by atoms with van der Waals surface area (Å²) >= 11 is 3.00. The van der Waals surface area contributed by atoms with Gasteiger partial charge in [-0.25, -0.2) is 14.0 Å². The lowest BCUT2D eigenvalue weighted by Gasteiger charge is -2.31. The highest BCUT2D eigenvalue weighted by molar-refractivity contribution is 9.10. The number of carboxylic acid groups (broad SMARTS) is 1. The number of anilines is 1. The van der Waals surface area contributed by atoms with Crippen molar-refractivity contribution in [1.82, 2.24) is 4.90 Å². The van der Waals surface area contributed by atoms with Crippen molar-refractivity contribution >= 4 is 33.6 Å². The van der Waals surface area contributed by atoms with Gasteiger partial charge in [0.15, 0.2) is 0 Å². The number of urea groups is 1. The third-order valence-corrected chi connectivity index (χ3v) is 3.48. The summed E-state index contributed by atoms with van der Waals surface area (Å²) in [6.45, 7) is 2.80. The minimum Gasteiger partial charge on any atom is -0.480 e. The number of rotatable bonds is 3. The molecule has 19 heavy (non-hydrogen) atoms. The first-order valence-electron chi connectivity index (χ1n) is 5.39. The highest BCUT2D eigenvalue weighted by Gasteiger charge is 2.35. The van der Waals surface area contributed by atoms with Crippen molar-refractivity contribution in [2.45, 2.75) is 19.4 Å². The van der Waals surface area contributed by atoms with E-state index in [0.717, 1.165) is 11.0 Å². The molecule has 1 aromatic carbocycles. The standard InChI is InChI=1S/C12H14BrFN2O3/c1-12(2,10(17)18)16(3)11(19)15-7-4-5-8(13)9(14)6-7/h4-6H,1-3H3,(H,15,19)(H,17,18). The largest absolute Gasteiger partial charge is 0.480 e. The minimum atomic E-state index is -1.36. The molecule has 0 fully saturated rings. The minimum absolute atomic E-state index is 0.249. The molecule has 0 aromatic heterocycles. The predicted octanol–water partition coefficient (Wildman–Crippen LogP) is 2.92. The highest BCUT2D eigenvalue weighted by atomic mass is 79.9. The van der Waals surface area contributed by atoms with Crippen LogP contribution >= 0.6 is 15.9 Å². The maximum atomic E-state index is 13.3. The lowest BCUT2D eigenvalue weighted by atomic mass is 10.1. The van der Waals surface area contributed by atoms with Crippen molar-refractivity contribution in [2.24, 2.45) is 0 Å². The van der Waals surface area contributed by atoms with Crippen LogP contribution in [-0.2, 0) is 4.79 Å². The first-order valence-corrected chi connectivity index (χ1v) is 6.19. The molecule has 0 aliphatic heterocycles. The monoisotopic (exact) mass is 332 g/mol. The average Bonchev–Trinajstić information content (AvgIpc) is 2.32. The number of benzene rings is 1. The van der Waals surface area contributed by atoms with Crippen LogP contribution < -0.4 is 5.32 Å². The number of aliphatic carboxylic acids is 1. The molecule has 0 aliphatic carbocycles. The molecule has 5 nitrogen and oxygen atoms in total. The van der Waals surface area contributed by atoms with Gasteiger partial charge in [-0.3, -0.25) is 0 Å². The van der Waals surface area contributed by atoms with E-state index in [1.165, 1.54) is 33.0 Å². The van der Waals surface area contributed by atoms with Crippen LogP contribution in [0.15, 0.2) is 22.7 Å². The van der Waals surface area contributed by atoms with Gasteiger partial charge in [0.05, 0.1) is 4.47 Å². The molecule has 2 amide bonds. The Hall–Kier alpha value is -1.63. The molecule has 0 unspecified atom stereocenters. The number of likely N-dealkylation sites (N-methyl/N-ethyl adjacent to an activating group) is 1. The molecule has 2 N–H and O–H groups in total. The molecule has 0 spiro atoms. The Morgan fingerprint density at radius 3 is 2.47 bits per heavy atom. The Bertz CT molecular complexity index is 520. The fourth-order valence-corrected chi connectivity index (χ4v) is 1.43. The Kier molecular flexibility index (Phi) is 4.52. The Morgan fingerprint density at radius 1 is 1.42 bits per heavy atom. The van der Waals surface area contributed by atoms with Crippen molar-refractivity contribution < 1.29 is 19.1 Å². The van der Waals surface area contributed by atoms with Gasteiger partial charge in [-0.2, -0.15) is 0 Å². The molecule has 7 heteroatoms. The van der Waals surface area contributed by atoms with Gasteiger partial charge in [-0.05, 0) is 48.0 Å². The molecule has 0 atom stereocenters. The van der Waals surface area contributed by atoms with E-state index in [4.69, 9.17) is 5.11 Å². The molecule has 0 saturated carbocycles. The smallest absolute Gasteiger partial charge is 0.329 e. The van der Waals surface area contributed by atoms with Crippen molar-refractivity contribution in [2.75, 3.05) is 12.4 Å². The van der Waals surface area contributed by atoms with E-state index in [-0.39, 0.29) is 10.2 Å². The van der Waals surface area contributed by atoms with E-state index in [0.29, 0.717) is 0 Å². The van der Waals surface area contributed by atoms with Gasteiger partial charge in [-0.15, -0.1) is 0 Å². The molecule has 0 radical (unpaired) electrons. The van der Waals surface area contributed by atoms with Crippen LogP contribution in [-0.4, -0.2) is 34.6 Å². The molecular formula is C12H14BrFN2O3. The van der Waals surface area contributed by atoms with Crippen LogP contribution in [0.5, 0.6) is 0 Å². The number of carbonyl (C=O) groups excluding carboxylic acids is 1. The number of nitrogens with one attached hydrogen (secondary N) is 1.